The lowest BCUT2D eigenvalue weighted by Crippen LogP contribution is -2.33. The number of hydrogen-bond donors (Lipinski definition) is 1. The van der Waals surface area contributed by atoms with Crippen molar-refractivity contribution in [3.63, 3.8) is 0 Å². The minimum atomic E-state index is -0.249. The van der Waals surface area contributed by atoms with Crippen molar-refractivity contribution < 1.29 is 9.59 Å². The predicted octanol–water partition coefficient (Wildman–Crippen LogP) is 2.81. The molecule has 2 aromatic rings. The number of aromatic nitrogens is 1. The molecule has 2 heterocycles. The number of carbonyl (C=O) groups excluding carboxylic acids is 2. The van der Waals surface area contributed by atoms with Gasteiger partial charge in [0, 0.05) is 30.0 Å². The third-order valence-corrected chi connectivity index (χ3v) is 4.36. The van der Waals surface area contributed by atoms with E-state index >= 15 is 0 Å². The fraction of sp³-hybridized carbons (Fsp3) is 0.316. The van der Waals surface area contributed by atoms with E-state index in [2.05, 4.69) is 10.3 Å². The Morgan fingerprint density at radius 1 is 1.29 bits per heavy atom. The molecule has 1 aromatic carbocycles. The zero-order valence-corrected chi connectivity index (χ0v) is 14.0. The topological polar surface area (TPSA) is 62.3 Å². The number of fused-ring (bicyclic) bond motifs is 1. The number of hydrogen-bond acceptors (Lipinski definition) is 3. The number of benzene rings is 1. The van der Waals surface area contributed by atoms with Gasteiger partial charge >= 0.3 is 0 Å². The summed E-state index contributed by atoms with van der Waals surface area (Å²) in [5.74, 6) is -0.347. The van der Waals surface area contributed by atoms with Crippen LogP contribution in [0.5, 0.6) is 0 Å². The van der Waals surface area contributed by atoms with Crippen LogP contribution >= 0.6 is 0 Å². The zero-order chi connectivity index (χ0) is 17.1. The molecular weight excluding hydrogens is 302 g/mol. The van der Waals surface area contributed by atoms with Crippen molar-refractivity contribution in [2.24, 2.45) is 0 Å². The van der Waals surface area contributed by atoms with E-state index in [4.69, 9.17) is 0 Å². The molecule has 0 bridgehead atoms. The molecule has 0 spiro atoms. The number of nitrogens with zero attached hydrogens (tertiary/aromatic N) is 2. The highest BCUT2D eigenvalue weighted by molar-refractivity contribution is 6.08. The highest BCUT2D eigenvalue weighted by Gasteiger charge is 2.25. The summed E-state index contributed by atoms with van der Waals surface area (Å²) in [4.78, 5) is 30.9. The van der Waals surface area contributed by atoms with E-state index < -0.39 is 0 Å². The molecule has 5 heteroatoms. The predicted molar refractivity (Wildman–Crippen MR) is 93.3 cm³/mol. The van der Waals surface area contributed by atoms with E-state index in [1.807, 2.05) is 38.1 Å². The third kappa shape index (κ3) is 3.15. The lowest BCUT2D eigenvalue weighted by Gasteiger charge is -2.17. The quantitative estimate of drug-likeness (QED) is 0.941. The fourth-order valence-electron chi connectivity index (χ4n) is 2.79. The van der Waals surface area contributed by atoms with Crippen molar-refractivity contribution in [1.82, 2.24) is 10.3 Å². The van der Waals surface area contributed by atoms with Crippen LogP contribution in [-0.2, 0) is 6.42 Å². The van der Waals surface area contributed by atoms with Crippen LogP contribution in [0, 0.1) is 0 Å². The van der Waals surface area contributed by atoms with Gasteiger partial charge in [0.25, 0.3) is 11.8 Å². The number of nitrogens with one attached hydrogen (secondary N) is 1. The molecule has 1 aliphatic heterocycles. The summed E-state index contributed by atoms with van der Waals surface area (Å²) in [5, 5.41) is 2.87. The normalized spacial score (nSPS) is 14.2. The van der Waals surface area contributed by atoms with Crippen LogP contribution in [0.15, 0.2) is 42.6 Å². The molecule has 3 rings (SSSR count). The van der Waals surface area contributed by atoms with Gasteiger partial charge in [-0.1, -0.05) is 25.1 Å². The Kier molecular flexibility index (Phi) is 4.60. The Morgan fingerprint density at radius 3 is 2.88 bits per heavy atom. The molecule has 0 saturated carbocycles. The standard InChI is InChI=1S/C19H21N3O2/c1-3-13(2)21-18(23)16-12-15(8-10-20-16)19(24)22-11-9-14-6-4-5-7-17(14)22/h4-8,10,12-13H,3,9,11H2,1-2H3,(H,21,23). The van der Waals surface area contributed by atoms with E-state index in [0.717, 1.165) is 18.5 Å². The maximum atomic E-state index is 12.8. The first-order valence-electron chi connectivity index (χ1n) is 8.27. The van der Waals surface area contributed by atoms with Crippen molar-refractivity contribution in [1.29, 1.82) is 0 Å². The fourth-order valence-corrected chi connectivity index (χ4v) is 2.79. The number of pyridine rings is 1. The molecule has 1 unspecified atom stereocenters. The van der Waals surface area contributed by atoms with Gasteiger partial charge in [0.15, 0.2) is 0 Å². The van der Waals surface area contributed by atoms with Crippen LogP contribution in [0.3, 0.4) is 0 Å². The van der Waals surface area contributed by atoms with Gasteiger partial charge < -0.3 is 10.2 Å². The number of rotatable bonds is 4. The molecule has 1 atom stereocenters. The number of carbonyl (C=O) groups is 2. The number of anilines is 1. The van der Waals surface area contributed by atoms with Crippen LogP contribution in [0.25, 0.3) is 0 Å². The van der Waals surface area contributed by atoms with Crippen LogP contribution < -0.4 is 10.2 Å². The molecule has 0 fully saturated rings. The van der Waals surface area contributed by atoms with Crippen LogP contribution in [0.1, 0.15) is 46.7 Å². The summed E-state index contributed by atoms with van der Waals surface area (Å²) < 4.78 is 0. The van der Waals surface area contributed by atoms with Crippen molar-refractivity contribution in [3.8, 4) is 0 Å². The minimum Gasteiger partial charge on any atom is -0.348 e. The molecule has 124 valence electrons. The molecule has 0 saturated heterocycles. The first kappa shape index (κ1) is 16.2. The molecule has 1 aliphatic rings. The molecule has 1 aromatic heterocycles. The van der Waals surface area contributed by atoms with Gasteiger partial charge in [-0.15, -0.1) is 0 Å². The molecule has 0 aliphatic carbocycles. The summed E-state index contributed by atoms with van der Waals surface area (Å²) in [6, 6.07) is 11.2. The average molecular weight is 323 g/mol. The second-order valence-electron chi connectivity index (χ2n) is 6.05. The van der Waals surface area contributed by atoms with Gasteiger partial charge in [-0.3, -0.25) is 14.6 Å². The van der Waals surface area contributed by atoms with Gasteiger partial charge in [-0.05, 0) is 43.5 Å². The molecule has 5 nitrogen and oxygen atoms in total. The van der Waals surface area contributed by atoms with Gasteiger partial charge in [-0.2, -0.15) is 0 Å². The van der Waals surface area contributed by atoms with Gasteiger partial charge in [-0.25, -0.2) is 0 Å². The van der Waals surface area contributed by atoms with E-state index in [-0.39, 0.29) is 23.6 Å². The second-order valence-corrected chi connectivity index (χ2v) is 6.05. The molecule has 24 heavy (non-hydrogen) atoms. The Labute approximate surface area is 141 Å². The summed E-state index contributed by atoms with van der Waals surface area (Å²) in [6.07, 6.45) is 3.21. The molecule has 2 amide bonds. The first-order valence-corrected chi connectivity index (χ1v) is 8.27. The Bertz CT molecular complexity index is 773. The summed E-state index contributed by atoms with van der Waals surface area (Å²) in [7, 11) is 0. The van der Waals surface area contributed by atoms with Gasteiger partial charge in [0.2, 0.25) is 0 Å². The third-order valence-electron chi connectivity index (χ3n) is 4.36. The average Bonchev–Trinajstić information content (AvgIpc) is 3.05. The van der Waals surface area contributed by atoms with Crippen LogP contribution in [0.2, 0.25) is 0 Å². The van der Waals surface area contributed by atoms with Gasteiger partial charge in [0.1, 0.15) is 5.69 Å². The minimum absolute atomic E-state index is 0.0733. The Hall–Kier alpha value is -2.69. The molecular formula is C19H21N3O2. The number of amides is 2. The lowest BCUT2D eigenvalue weighted by atomic mass is 10.1. The van der Waals surface area contributed by atoms with E-state index in [1.165, 1.54) is 11.8 Å². The Balaban J connectivity index is 1.82. The van der Waals surface area contributed by atoms with Crippen LogP contribution in [-0.4, -0.2) is 29.4 Å². The monoisotopic (exact) mass is 323 g/mol. The van der Waals surface area contributed by atoms with Crippen molar-refractivity contribution >= 4 is 17.5 Å². The lowest BCUT2D eigenvalue weighted by molar-refractivity contribution is 0.0934. The van der Waals surface area contributed by atoms with Gasteiger partial charge in [0.05, 0.1) is 0 Å². The van der Waals surface area contributed by atoms with E-state index in [9.17, 15) is 9.59 Å². The smallest absolute Gasteiger partial charge is 0.270 e. The summed E-state index contributed by atoms with van der Waals surface area (Å²) in [6.45, 7) is 4.60. The van der Waals surface area contributed by atoms with Crippen molar-refractivity contribution in [2.45, 2.75) is 32.7 Å². The zero-order valence-electron chi connectivity index (χ0n) is 14.0. The highest BCUT2D eigenvalue weighted by atomic mass is 16.2. The van der Waals surface area contributed by atoms with E-state index in [1.54, 1.807) is 17.0 Å². The summed E-state index contributed by atoms with van der Waals surface area (Å²) in [5.41, 5.74) is 2.88. The SMILES string of the molecule is CCC(C)NC(=O)c1cc(C(=O)N2CCc3ccccc32)ccn1. The first-order chi connectivity index (χ1) is 11.6. The maximum absolute atomic E-state index is 12.8. The molecule has 0 radical (unpaired) electrons. The van der Waals surface area contributed by atoms with Crippen LogP contribution in [0.4, 0.5) is 5.69 Å². The largest absolute Gasteiger partial charge is 0.348 e. The Morgan fingerprint density at radius 2 is 2.08 bits per heavy atom. The number of para-hydroxylation sites is 1. The van der Waals surface area contributed by atoms with Crippen molar-refractivity contribution in [3.05, 3.63) is 59.4 Å². The highest BCUT2D eigenvalue weighted by Crippen LogP contribution is 2.28. The summed E-state index contributed by atoms with van der Waals surface area (Å²) >= 11 is 0. The molecule has 1 N–H and O–H groups in total. The van der Waals surface area contributed by atoms with Crippen molar-refractivity contribution in [2.75, 3.05) is 11.4 Å². The second kappa shape index (κ2) is 6.83. The maximum Gasteiger partial charge on any atom is 0.270 e. The van der Waals surface area contributed by atoms with E-state index in [0.29, 0.717) is 12.1 Å².